The molecule has 0 aliphatic carbocycles. The molecule has 0 saturated carbocycles. The minimum atomic E-state index is -1.80. The Kier molecular flexibility index (Phi) is 3.87. The van der Waals surface area contributed by atoms with E-state index in [0.29, 0.717) is 0 Å². The van der Waals surface area contributed by atoms with Crippen molar-refractivity contribution < 1.29 is 28.6 Å². The van der Waals surface area contributed by atoms with Crippen molar-refractivity contribution in [1.29, 1.82) is 0 Å². The van der Waals surface area contributed by atoms with Gasteiger partial charge in [0.2, 0.25) is 0 Å². The first kappa shape index (κ1) is 16.1. The van der Waals surface area contributed by atoms with Gasteiger partial charge in [0.05, 0.1) is 0 Å². The van der Waals surface area contributed by atoms with E-state index in [0.717, 1.165) is 12.1 Å². The summed E-state index contributed by atoms with van der Waals surface area (Å²) in [6.07, 6.45) is 0. The van der Waals surface area contributed by atoms with Gasteiger partial charge in [0.1, 0.15) is 16.9 Å². The Hall–Kier alpha value is -3.23. The third kappa shape index (κ3) is 2.63. The van der Waals surface area contributed by atoms with E-state index < -0.39 is 57.2 Å². The van der Waals surface area contributed by atoms with Crippen LogP contribution in [0.2, 0.25) is 0 Å². The number of nitrogens with one attached hydrogen (secondary N) is 1. The number of carboxylic acids is 2. The monoisotopic (exact) mass is 324 g/mol. The van der Waals surface area contributed by atoms with Crippen molar-refractivity contribution in [2.75, 3.05) is 5.73 Å². The molecule has 2 rings (SSSR count). The number of carboxylic acid groups (broad SMARTS) is 2. The van der Waals surface area contributed by atoms with Crippen molar-refractivity contribution in [2.24, 2.45) is 0 Å². The van der Waals surface area contributed by atoms with E-state index in [4.69, 9.17) is 10.8 Å². The van der Waals surface area contributed by atoms with Crippen LogP contribution in [-0.2, 0) is 0 Å². The van der Waals surface area contributed by atoms with Crippen LogP contribution < -0.4 is 11.3 Å². The van der Waals surface area contributed by atoms with E-state index in [9.17, 15) is 28.3 Å². The van der Waals surface area contributed by atoms with Crippen LogP contribution in [-0.4, -0.2) is 27.1 Å². The quantitative estimate of drug-likeness (QED) is 0.678. The molecule has 0 aliphatic heterocycles. The molecule has 23 heavy (non-hydrogen) atoms. The molecule has 2 aromatic rings. The standard InChI is InChI=1S/C14H10F2N2O5/c1-4-2-5(10(16)6(15)3-4)7-8(13(20)21)11(17)18-12(19)9(7)14(22)23/h2-3H,1H3,(H,20,21)(H,22,23)(H3,17,18,19). The van der Waals surface area contributed by atoms with Gasteiger partial charge >= 0.3 is 11.9 Å². The number of aromatic nitrogens is 1. The number of benzene rings is 1. The first-order valence-corrected chi connectivity index (χ1v) is 6.13. The lowest BCUT2D eigenvalue weighted by Gasteiger charge is -2.13. The Labute approximate surface area is 127 Å². The normalized spacial score (nSPS) is 10.6. The van der Waals surface area contributed by atoms with Crippen molar-refractivity contribution in [3.63, 3.8) is 0 Å². The Bertz CT molecular complexity index is 905. The number of nitrogen functional groups attached to an aromatic ring is 1. The number of aryl methyl sites for hydroxylation is 1. The Balaban J connectivity index is 3.10. The van der Waals surface area contributed by atoms with Gasteiger partial charge in [0.15, 0.2) is 11.6 Å². The summed E-state index contributed by atoms with van der Waals surface area (Å²) >= 11 is 0. The number of halogens is 2. The Morgan fingerprint density at radius 3 is 2.22 bits per heavy atom. The van der Waals surface area contributed by atoms with E-state index in [1.54, 1.807) is 0 Å². The number of pyridine rings is 1. The zero-order valence-electron chi connectivity index (χ0n) is 11.6. The van der Waals surface area contributed by atoms with Crippen LogP contribution in [0.5, 0.6) is 0 Å². The molecule has 0 unspecified atom stereocenters. The highest BCUT2D eigenvalue weighted by Crippen LogP contribution is 2.32. The summed E-state index contributed by atoms with van der Waals surface area (Å²) in [7, 11) is 0. The van der Waals surface area contributed by atoms with E-state index in [1.807, 2.05) is 4.98 Å². The molecule has 0 fully saturated rings. The fourth-order valence-electron chi connectivity index (χ4n) is 2.22. The zero-order chi connectivity index (χ0) is 17.5. The van der Waals surface area contributed by atoms with Crippen LogP contribution >= 0.6 is 0 Å². The van der Waals surface area contributed by atoms with Gasteiger partial charge in [0, 0.05) is 11.1 Å². The molecule has 1 aromatic carbocycles. The maximum absolute atomic E-state index is 14.1. The van der Waals surface area contributed by atoms with Crippen molar-refractivity contribution in [3.05, 3.63) is 50.8 Å². The van der Waals surface area contributed by atoms with E-state index >= 15 is 0 Å². The topological polar surface area (TPSA) is 133 Å². The Morgan fingerprint density at radius 2 is 1.70 bits per heavy atom. The molecule has 120 valence electrons. The number of carbonyl (C=O) groups is 2. The predicted molar refractivity (Wildman–Crippen MR) is 75.5 cm³/mol. The molecule has 7 nitrogen and oxygen atoms in total. The highest BCUT2D eigenvalue weighted by molar-refractivity contribution is 6.07. The molecular weight excluding hydrogens is 314 g/mol. The number of aromatic amines is 1. The van der Waals surface area contributed by atoms with Gasteiger partial charge in [0.25, 0.3) is 5.56 Å². The van der Waals surface area contributed by atoms with Gasteiger partial charge in [-0.1, -0.05) is 0 Å². The van der Waals surface area contributed by atoms with Crippen molar-refractivity contribution in [2.45, 2.75) is 6.92 Å². The Morgan fingerprint density at radius 1 is 1.13 bits per heavy atom. The van der Waals surface area contributed by atoms with E-state index in [2.05, 4.69) is 0 Å². The van der Waals surface area contributed by atoms with Crippen molar-refractivity contribution >= 4 is 17.8 Å². The highest BCUT2D eigenvalue weighted by Gasteiger charge is 2.29. The van der Waals surface area contributed by atoms with Crippen LogP contribution in [0.25, 0.3) is 11.1 Å². The maximum Gasteiger partial charge on any atom is 0.342 e. The number of H-pyrrole nitrogens is 1. The van der Waals surface area contributed by atoms with Gasteiger partial charge in [-0.15, -0.1) is 0 Å². The van der Waals surface area contributed by atoms with E-state index in [-0.39, 0.29) is 5.56 Å². The third-order valence-corrected chi connectivity index (χ3v) is 3.11. The zero-order valence-corrected chi connectivity index (χ0v) is 11.6. The van der Waals surface area contributed by atoms with Gasteiger partial charge in [-0.05, 0) is 24.6 Å². The molecule has 0 saturated heterocycles. The number of aromatic carboxylic acids is 2. The average molecular weight is 324 g/mol. The number of anilines is 1. The number of nitrogens with two attached hydrogens (primary N) is 1. The minimum absolute atomic E-state index is 0.199. The summed E-state index contributed by atoms with van der Waals surface area (Å²) < 4.78 is 27.7. The fraction of sp³-hybridized carbons (Fsp3) is 0.0714. The molecule has 9 heteroatoms. The van der Waals surface area contributed by atoms with Crippen LogP contribution in [0.3, 0.4) is 0 Å². The lowest BCUT2D eigenvalue weighted by Crippen LogP contribution is -2.24. The molecule has 0 spiro atoms. The lowest BCUT2D eigenvalue weighted by molar-refractivity contribution is 0.0695. The molecule has 0 atom stereocenters. The maximum atomic E-state index is 14.1. The van der Waals surface area contributed by atoms with Gasteiger partial charge < -0.3 is 20.9 Å². The highest BCUT2D eigenvalue weighted by atomic mass is 19.2. The second kappa shape index (κ2) is 5.52. The molecule has 1 aromatic heterocycles. The van der Waals surface area contributed by atoms with Crippen LogP contribution in [0, 0.1) is 18.6 Å². The lowest BCUT2D eigenvalue weighted by atomic mass is 9.94. The molecule has 0 bridgehead atoms. The number of hydrogen-bond acceptors (Lipinski definition) is 4. The molecule has 0 amide bonds. The average Bonchev–Trinajstić information content (AvgIpc) is 2.40. The smallest absolute Gasteiger partial charge is 0.342 e. The van der Waals surface area contributed by atoms with Gasteiger partial charge in [-0.3, -0.25) is 4.79 Å². The minimum Gasteiger partial charge on any atom is -0.478 e. The number of hydrogen-bond donors (Lipinski definition) is 4. The van der Waals surface area contributed by atoms with Crippen LogP contribution in [0.4, 0.5) is 14.6 Å². The summed E-state index contributed by atoms with van der Waals surface area (Å²) in [5, 5.41) is 18.4. The first-order valence-electron chi connectivity index (χ1n) is 6.13. The second-order valence-electron chi connectivity index (χ2n) is 4.71. The van der Waals surface area contributed by atoms with Gasteiger partial charge in [-0.2, -0.15) is 0 Å². The summed E-state index contributed by atoms with van der Waals surface area (Å²) in [4.78, 5) is 36.4. The molecule has 5 N–H and O–H groups in total. The molecule has 0 radical (unpaired) electrons. The first-order chi connectivity index (χ1) is 10.6. The predicted octanol–water partition coefficient (Wildman–Crippen LogP) is 1.61. The fourth-order valence-corrected chi connectivity index (χ4v) is 2.22. The van der Waals surface area contributed by atoms with Gasteiger partial charge in [-0.25, -0.2) is 18.4 Å². The van der Waals surface area contributed by atoms with Crippen molar-refractivity contribution in [1.82, 2.24) is 4.98 Å². The van der Waals surface area contributed by atoms with Crippen LogP contribution in [0.1, 0.15) is 26.3 Å². The summed E-state index contributed by atoms with van der Waals surface area (Å²) in [6, 6.07) is 1.88. The largest absolute Gasteiger partial charge is 0.478 e. The van der Waals surface area contributed by atoms with Crippen molar-refractivity contribution in [3.8, 4) is 11.1 Å². The second-order valence-corrected chi connectivity index (χ2v) is 4.71. The summed E-state index contributed by atoms with van der Waals surface area (Å²) in [5.74, 6) is -6.96. The molecule has 1 heterocycles. The third-order valence-electron chi connectivity index (χ3n) is 3.11. The SMILES string of the molecule is Cc1cc(F)c(F)c(-c2c(C(=O)O)c(N)[nH]c(=O)c2C(=O)O)c1. The molecule has 0 aliphatic rings. The van der Waals surface area contributed by atoms with Crippen LogP contribution in [0.15, 0.2) is 16.9 Å². The number of rotatable bonds is 3. The summed E-state index contributed by atoms with van der Waals surface area (Å²) in [5.41, 5.74) is 1.06. The van der Waals surface area contributed by atoms with E-state index in [1.165, 1.54) is 6.92 Å². The molecular formula is C14H10F2N2O5. The summed E-state index contributed by atoms with van der Waals surface area (Å²) in [6.45, 7) is 1.39.